The van der Waals surface area contributed by atoms with Crippen LogP contribution in [0.5, 0.6) is 17.2 Å². The number of thiazole rings is 1. The highest BCUT2D eigenvalue weighted by molar-refractivity contribution is 7.18. The average molecular weight is 386 g/mol. The molecule has 2 aromatic carbocycles. The van der Waals surface area contributed by atoms with Crippen molar-refractivity contribution in [1.82, 2.24) is 9.88 Å². The van der Waals surface area contributed by atoms with Crippen LogP contribution < -0.4 is 14.2 Å². The molecule has 0 N–H and O–H groups in total. The van der Waals surface area contributed by atoms with Crippen molar-refractivity contribution >= 4 is 27.5 Å². The normalized spacial score (nSPS) is 11.9. The van der Waals surface area contributed by atoms with Crippen LogP contribution in [0, 0.1) is 0 Å². The number of nitrogens with zero attached hydrogens (tertiary/aromatic N) is 2. The molecule has 3 aromatic rings. The van der Waals surface area contributed by atoms with Crippen molar-refractivity contribution in [2.45, 2.75) is 13.0 Å². The lowest BCUT2D eigenvalue weighted by Gasteiger charge is -2.25. The number of para-hydroxylation sites is 1. The van der Waals surface area contributed by atoms with Crippen LogP contribution in [0.2, 0.25) is 0 Å². The lowest BCUT2D eigenvalue weighted by molar-refractivity contribution is 0.0738. The van der Waals surface area contributed by atoms with Gasteiger partial charge in [0, 0.05) is 7.05 Å². The summed E-state index contributed by atoms with van der Waals surface area (Å²) in [6.07, 6.45) is 0. The minimum absolute atomic E-state index is 0.181. The number of hydrogen-bond donors (Lipinski definition) is 0. The summed E-state index contributed by atoms with van der Waals surface area (Å²) in [5.41, 5.74) is 1.35. The van der Waals surface area contributed by atoms with E-state index in [-0.39, 0.29) is 11.9 Å². The molecule has 0 saturated heterocycles. The van der Waals surface area contributed by atoms with Gasteiger partial charge in [0.2, 0.25) is 5.75 Å². The van der Waals surface area contributed by atoms with E-state index in [2.05, 4.69) is 4.98 Å². The molecule has 1 amide bonds. The summed E-state index contributed by atoms with van der Waals surface area (Å²) in [4.78, 5) is 19.5. The molecule has 0 radical (unpaired) electrons. The van der Waals surface area contributed by atoms with Gasteiger partial charge in [0.05, 0.1) is 43.2 Å². The summed E-state index contributed by atoms with van der Waals surface area (Å²) in [5.74, 6) is 1.07. The lowest BCUT2D eigenvalue weighted by atomic mass is 10.1. The molecular weight excluding hydrogens is 364 g/mol. The number of benzene rings is 2. The Morgan fingerprint density at radius 2 is 1.74 bits per heavy atom. The number of hydrogen-bond acceptors (Lipinski definition) is 6. The zero-order chi connectivity index (χ0) is 19.6. The number of carbonyl (C=O) groups is 1. The van der Waals surface area contributed by atoms with E-state index in [1.54, 1.807) is 42.5 Å². The first-order chi connectivity index (χ1) is 13.0. The van der Waals surface area contributed by atoms with Gasteiger partial charge in [0.25, 0.3) is 5.91 Å². The van der Waals surface area contributed by atoms with E-state index in [1.165, 1.54) is 14.2 Å². The van der Waals surface area contributed by atoms with Crippen molar-refractivity contribution in [2.75, 3.05) is 28.4 Å². The molecule has 0 aliphatic carbocycles. The molecule has 0 unspecified atom stereocenters. The minimum Gasteiger partial charge on any atom is -0.493 e. The first-order valence-electron chi connectivity index (χ1n) is 8.43. The van der Waals surface area contributed by atoms with Gasteiger partial charge < -0.3 is 19.1 Å². The topological polar surface area (TPSA) is 60.9 Å². The number of methoxy groups -OCH3 is 3. The highest BCUT2D eigenvalue weighted by Crippen LogP contribution is 2.40. The predicted octanol–water partition coefficient (Wildman–Crippen LogP) is 4.16. The Bertz CT molecular complexity index is 937. The second-order valence-corrected chi connectivity index (χ2v) is 7.06. The van der Waals surface area contributed by atoms with Gasteiger partial charge in [0.15, 0.2) is 11.5 Å². The molecule has 0 aliphatic rings. The number of aromatic nitrogens is 1. The van der Waals surface area contributed by atoms with Crippen molar-refractivity contribution in [3.05, 3.63) is 47.0 Å². The maximum atomic E-state index is 13.1. The van der Waals surface area contributed by atoms with Gasteiger partial charge in [-0.3, -0.25) is 4.79 Å². The molecule has 0 fully saturated rings. The van der Waals surface area contributed by atoms with E-state index in [0.29, 0.717) is 22.8 Å². The van der Waals surface area contributed by atoms with Crippen LogP contribution in [0.15, 0.2) is 36.4 Å². The molecule has 7 heteroatoms. The van der Waals surface area contributed by atoms with Crippen LogP contribution in [0.4, 0.5) is 0 Å². The van der Waals surface area contributed by atoms with Gasteiger partial charge in [-0.15, -0.1) is 11.3 Å². The third kappa shape index (κ3) is 3.42. The van der Waals surface area contributed by atoms with Crippen molar-refractivity contribution in [1.29, 1.82) is 0 Å². The molecule has 0 bridgehead atoms. The fourth-order valence-corrected chi connectivity index (χ4v) is 3.93. The Balaban J connectivity index is 1.94. The molecular formula is C20H22N2O4S. The van der Waals surface area contributed by atoms with Gasteiger partial charge in [-0.1, -0.05) is 12.1 Å². The van der Waals surface area contributed by atoms with Gasteiger partial charge in [0.1, 0.15) is 5.01 Å². The molecule has 1 aromatic heterocycles. The van der Waals surface area contributed by atoms with Crippen molar-refractivity contribution in [3.8, 4) is 17.2 Å². The van der Waals surface area contributed by atoms with Crippen molar-refractivity contribution < 1.29 is 19.0 Å². The molecule has 142 valence electrons. The molecule has 0 aliphatic heterocycles. The Labute approximate surface area is 162 Å². The largest absolute Gasteiger partial charge is 0.493 e. The van der Waals surface area contributed by atoms with E-state index in [1.807, 2.05) is 31.2 Å². The van der Waals surface area contributed by atoms with Gasteiger partial charge >= 0.3 is 0 Å². The minimum atomic E-state index is -0.187. The fraction of sp³-hybridized carbons (Fsp3) is 0.300. The Morgan fingerprint density at radius 1 is 1.04 bits per heavy atom. The Hall–Kier alpha value is -2.80. The quantitative estimate of drug-likeness (QED) is 0.637. The van der Waals surface area contributed by atoms with Gasteiger partial charge in [-0.2, -0.15) is 0 Å². The fourth-order valence-electron chi connectivity index (χ4n) is 2.87. The molecule has 3 rings (SSSR count). The van der Waals surface area contributed by atoms with Gasteiger partial charge in [-0.05, 0) is 31.2 Å². The van der Waals surface area contributed by atoms with Crippen LogP contribution in [0.25, 0.3) is 10.2 Å². The number of carbonyl (C=O) groups excluding carboxylic acids is 1. The summed E-state index contributed by atoms with van der Waals surface area (Å²) >= 11 is 1.59. The third-order valence-electron chi connectivity index (χ3n) is 4.50. The summed E-state index contributed by atoms with van der Waals surface area (Å²) in [7, 11) is 6.32. The third-order valence-corrected chi connectivity index (χ3v) is 5.71. The number of fused-ring (bicyclic) bond motifs is 1. The summed E-state index contributed by atoms with van der Waals surface area (Å²) in [6, 6.07) is 11.1. The maximum Gasteiger partial charge on any atom is 0.258 e. The molecule has 0 saturated carbocycles. The molecule has 0 spiro atoms. The molecule has 1 atom stereocenters. The highest BCUT2D eigenvalue weighted by Gasteiger charge is 2.27. The lowest BCUT2D eigenvalue weighted by Crippen LogP contribution is -2.30. The Kier molecular flexibility index (Phi) is 5.51. The predicted molar refractivity (Wildman–Crippen MR) is 106 cm³/mol. The molecule has 1 heterocycles. The van der Waals surface area contributed by atoms with E-state index >= 15 is 0 Å². The van der Waals surface area contributed by atoms with E-state index in [9.17, 15) is 4.79 Å². The first-order valence-corrected chi connectivity index (χ1v) is 9.25. The van der Waals surface area contributed by atoms with Crippen LogP contribution >= 0.6 is 11.3 Å². The number of amides is 1. The second-order valence-electron chi connectivity index (χ2n) is 5.99. The SMILES string of the molecule is COc1ccc(C(=O)N(C)[C@@H](C)c2nc3ccccc3s2)c(OC)c1OC. The van der Waals surface area contributed by atoms with Crippen molar-refractivity contribution in [2.24, 2.45) is 0 Å². The monoisotopic (exact) mass is 386 g/mol. The van der Waals surface area contributed by atoms with E-state index in [4.69, 9.17) is 14.2 Å². The van der Waals surface area contributed by atoms with E-state index in [0.717, 1.165) is 15.2 Å². The van der Waals surface area contributed by atoms with Crippen LogP contribution in [0.1, 0.15) is 28.3 Å². The number of rotatable bonds is 6. The zero-order valence-electron chi connectivity index (χ0n) is 16.0. The average Bonchev–Trinajstić information content (AvgIpc) is 3.14. The summed E-state index contributed by atoms with van der Waals surface area (Å²) < 4.78 is 17.2. The van der Waals surface area contributed by atoms with Gasteiger partial charge in [-0.25, -0.2) is 4.98 Å². The van der Waals surface area contributed by atoms with Crippen molar-refractivity contribution in [3.63, 3.8) is 0 Å². The summed E-state index contributed by atoms with van der Waals surface area (Å²) in [6.45, 7) is 1.96. The molecule has 6 nitrogen and oxygen atoms in total. The van der Waals surface area contributed by atoms with Crippen LogP contribution in [-0.2, 0) is 0 Å². The molecule has 27 heavy (non-hydrogen) atoms. The zero-order valence-corrected chi connectivity index (χ0v) is 16.8. The maximum absolute atomic E-state index is 13.1. The standard InChI is InChI=1S/C20H22N2O4S/c1-12(19-21-14-8-6-7-9-16(14)27-19)22(2)20(23)13-10-11-15(24-3)18(26-5)17(13)25-4/h6-12H,1-5H3/t12-/m0/s1. The second kappa shape index (κ2) is 7.84. The summed E-state index contributed by atoms with van der Waals surface area (Å²) in [5, 5.41) is 0.881. The first kappa shape index (κ1) is 19.0. The highest BCUT2D eigenvalue weighted by atomic mass is 32.1. The van der Waals surface area contributed by atoms with E-state index < -0.39 is 0 Å². The van der Waals surface area contributed by atoms with Crippen LogP contribution in [-0.4, -0.2) is 44.2 Å². The number of ether oxygens (including phenoxy) is 3. The Morgan fingerprint density at radius 3 is 2.37 bits per heavy atom. The van der Waals surface area contributed by atoms with Crippen LogP contribution in [0.3, 0.4) is 0 Å². The smallest absolute Gasteiger partial charge is 0.258 e.